The topological polar surface area (TPSA) is 69.9 Å². The van der Waals surface area contributed by atoms with E-state index in [-0.39, 0.29) is 11.4 Å². The first-order valence-corrected chi connectivity index (χ1v) is 12.5. The van der Waals surface area contributed by atoms with Gasteiger partial charge in [0.25, 0.3) is 0 Å². The zero-order valence-corrected chi connectivity index (χ0v) is 22.2. The SMILES string of the molecule is Cc1cc(C)cc(-n2c(C)cc3c2CC(C)(C)C/C3=N\OC(=O)C23CCC(C)(C(=O)O2)C3(C)C)c1. The zero-order valence-electron chi connectivity index (χ0n) is 22.2. The van der Waals surface area contributed by atoms with Gasteiger partial charge in [0.15, 0.2) is 0 Å². The van der Waals surface area contributed by atoms with Gasteiger partial charge >= 0.3 is 11.9 Å². The summed E-state index contributed by atoms with van der Waals surface area (Å²) in [7, 11) is 0. The van der Waals surface area contributed by atoms with Crippen LogP contribution in [0.15, 0.2) is 29.4 Å². The van der Waals surface area contributed by atoms with E-state index in [0.717, 1.165) is 29.1 Å². The van der Waals surface area contributed by atoms with Crippen LogP contribution < -0.4 is 0 Å². The molecule has 0 spiro atoms. The molecule has 35 heavy (non-hydrogen) atoms. The highest BCUT2D eigenvalue weighted by atomic mass is 16.7. The number of benzene rings is 1. The van der Waals surface area contributed by atoms with Gasteiger partial charge in [-0.2, -0.15) is 0 Å². The van der Waals surface area contributed by atoms with Crippen molar-refractivity contribution in [2.24, 2.45) is 21.4 Å². The fourth-order valence-electron chi connectivity index (χ4n) is 6.57. The van der Waals surface area contributed by atoms with Crippen LogP contribution in [0.25, 0.3) is 5.69 Å². The molecule has 2 unspecified atom stereocenters. The van der Waals surface area contributed by atoms with Crippen molar-refractivity contribution in [1.82, 2.24) is 4.57 Å². The molecule has 2 aliphatic carbocycles. The van der Waals surface area contributed by atoms with E-state index in [4.69, 9.17) is 9.57 Å². The first-order valence-electron chi connectivity index (χ1n) is 12.5. The Morgan fingerprint density at radius 3 is 2.20 bits per heavy atom. The molecule has 5 rings (SSSR count). The number of aryl methyl sites for hydroxylation is 3. The molecule has 2 atom stereocenters. The van der Waals surface area contributed by atoms with Crippen molar-refractivity contribution < 1.29 is 19.2 Å². The summed E-state index contributed by atoms with van der Waals surface area (Å²) in [6.45, 7) is 16.5. The number of nitrogens with zero attached hydrogens (tertiary/aromatic N) is 2. The van der Waals surface area contributed by atoms with Crippen molar-refractivity contribution in [1.29, 1.82) is 0 Å². The molecule has 6 heteroatoms. The summed E-state index contributed by atoms with van der Waals surface area (Å²) < 4.78 is 8.00. The first-order chi connectivity index (χ1) is 16.2. The van der Waals surface area contributed by atoms with E-state index in [1.54, 1.807) is 0 Å². The summed E-state index contributed by atoms with van der Waals surface area (Å²) in [5.74, 6) is -0.888. The van der Waals surface area contributed by atoms with Crippen LogP contribution in [0.2, 0.25) is 0 Å². The van der Waals surface area contributed by atoms with E-state index in [0.29, 0.717) is 19.3 Å². The van der Waals surface area contributed by atoms with Gasteiger partial charge in [0.05, 0.1) is 11.1 Å². The molecule has 0 radical (unpaired) electrons. The molecule has 2 bridgehead atoms. The Bertz CT molecular complexity index is 1280. The van der Waals surface area contributed by atoms with Gasteiger partial charge in [0.2, 0.25) is 5.60 Å². The Morgan fingerprint density at radius 2 is 1.63 bits per heavy atom. The molecule has 2 fully saturated rings. The fourth-order valence-corrected chi connectivity index (χ4v) is 6.57. The average molecular weight is 477 g/mol. The van der Waals surface area contributed by atoms with E-state index >= 15 is 0 Å². The standard InChI is InChI=1S/C29H36N2O4/c1-17-11-18(2)13-20(12-17)31-19(3)14-21-22(15-26(4,5)16-23(21)31)30-35-25(33)29-10-9-28(8,24(32)34-29)27(29,6)7/h11-14H,9-10,15-16H2,1-8H3/b30-22+. The van der Waals surface area contributed by atoms with E-state index in [1.165, 1.54) is 16.8 Å². The fraction of sp³-hybridized carbons (Fsp3) is 0.552. The van der Waals surface area contributed by atoms with Crippen molar-refractivity contribution in [3.05, 3.63) is 52.3 Å². The minimum atomic E-state index is -1.28. The maximum atomic E-state index is 13.4. The number of esters is 1. The van der Waals surface area contributed by atoms with Gasteiger partial charge in [0.1, 0.15) is 0 Å². The quantitative estimate of drug-likeness (QED) is 0.322. The van der Waals surface area contributed by atoms with E-state index < -0.39 is 22.4 Å². The summed E-state index contributed by atoms with van der Waals surface area (Å²) in [5.41, 5.74) is 4.98. The molecular formula is C29H36N2O4. The largest absolute Gasteiger partial charge is 0.446 e. The second kappa shape index (κ2) is 7.31. The van der Waals surface area contributed by atoms with E-state index in [2.05, 4.69) is 68.6 Å². The summed E-state index contributed by atoms with van der Waals surface area (Å²) in [4.78, 5) is 31.6. The normalized spacial score (nSPS) is 29.3. The number of fused-ring (bicyclic) bond motifs is 3. The van der Waals surface area contributed by atoms with Crippen molar-refractivity contribution in [3.63, 3.8) is 0 Å². The number of aromatic nitrogens is 1. The number of rotatable bonds is 3. The van der Waals surface area contributed by atoms with Crippen LogP contribution >= 0.6 is 0 Å². The van der Waals surface area contributed by atoms with E-state index in [9.17, 15) is 9.59 Å². The molecule has 2 aromatic rings. The van der Waals surface area contributed by atoms with Crippen LogP contribution in [0, 0.1) is 37.0 Å². The Kier molecular flexibility index (Phi) is 4.98. The second-order valence-electron chi connectivity index (χ2n) is 12.4. The molecule has 1 aliphatic heterocycles. The van der Waals surface area contributed by atoms with Crippen molar-refractivity contribution in [3.8, 4) is 5.69 Å². The molecule has 0 amide bonds. The van der Waals surface area contributed by atoms with Crippen LogP contribution in [0.4, 0.5) is 0 Å². The average Bonchev–Trinajstić information content (AvgIpc) is 3.22. The van der Waals surface area contributed by atoms with E-state index in [1.807, 2.05) is 20.8 Å². The van der Waals surface area contributed by atoms with Gasteiger partial charge in [-0.15, -0.1) is 0 Å². The van der Waals surface area contributed by atoms with Crippen LogP contribution in [-0.4, -0.2) is 27.8 Å². The van der Waals surface area contributed by atoms with Crippen molar-refractivity contribution >= 4 is 17.7 Å². The Morgan fingerprint density at radius 1 is 0.971 bits per heavy atom. The maximum Gasteiger partial charge on any atom is 0.378 e. The number of ether oxygens (including phenoxy) is 1. The smallest absolute Gasteiger partial charge is 0.378 e. The Hall–Kier alpha value is -2.89. The second-order valence-corrected chi connectivity index (χ2v) is 12.4. The summed E-state index contributed by atoms with van der Waals surface area (Å²) >= 11 is 0. The molecule has 1 saturated carbocycles. The number of hydrogen-bond acceptors (Lipinski definition) is 5. The molecule has 186 valence electrons. The summed E-state index contributed by atoms with van der Waals surface area (Å²) in [6, 6.07) is 8.71. The molecular weight excluding hydrogens is 440 g/mol. The van der Waals surface area contributed by atoms with Gasteiger partial charge in [-0.1, -0.05) is 38.9 Å². The zero-order chi connectivity index (χ0) is 25.6. The molecule has 0 N–H and O–H groups in total. The van der Waals surface area contributed by atoms with Gasteiger partial charge in [-0.3, -0.25) is 4.79 Å². The van der Waals surface area contributed by atoms with Gasteiger partial charge in [-0.25, -0.2) is 4.79 Å². The van der Waals surface area contributed by atoms with Crippen molar-refractivity contribution in [2.45, 2.75) is 86.7 Å². The third-order valence-electron chi connectivity index (χ3n) is 9.01. The monoisotopic (exact) mass is 476 g/mol. The molecule has 6 nitrogen and oxygen atoms in total. The number of oxime groups is 1. The molecule has 3 aliphatic rings. The Labute approximate surface area is 207 Å². The predicted octanol–water partition coefficient (Wildman–Crippen LogP) is 5.74. The minimum Gasteiger partial charge on any atom is -0.446 e. The lowest BCUT2D eigenvalue weighted by molar-refractivity contribution is -0.183. The maximum absolute atomic E-state index is 13.4. The van der Waals surface area contributed by atoms with Crippen LogP contribution in [0.1, 0.15) is 82.0 Å². The number of carbonyl (C=O) groups is 2. The molecule has 1 aromatic heterocycles. The highest BCUT2D eigenvalue weighted by Gasteiger charge is 2.76. The summed E-state index contributed by atoms with van der Waals surface area (Å²) in [6.07, 6.45) is 2.66. The lowest BCUT2D eigenvalue weighted by atomic mass is 9.66. The third kappa shape index (κ3) is 3.25. The predicted molar refractivity (Wildman–Crippen MR) is 135 cm³/mol. The van der Waals surface area contributed by atoms with Crippen LogP contribution in [0.5, 0.6) is 0 Å². The lowest BCUT2D eigenvalue weighted by Crippen LogP contribution is -2.48. The summed E-state index contributed by atoms with van der Waals surface area (Å²) in [5, 5.41) is 4.44. The highest BCUT2D eigenvalue weighted by molar-refractivity contribution is 6.03. The van der Waals surface area contributed by atoms with Crippen molar-refractivity contribution in [2.75, 3.05) is 0 Å². The number of hydrogen-bond donors (Lipinski definition) is 0. The van der Waals surface area contributed by atoms with Crippen LogP contribution in [0.3, 0.4) is 0 Å². The molecule has 2 heterocycles. The van der Waals surface area contributed by atoms with Gasteiger partial charge in [0, 0.05) is 28.1 Å². The third-order valence-corrected chi connectivity index (χ3v) is 9.01. The van der Waals surface area contributed by atoms with Gasteiger partial charge in [-0.05, 0) is 88.1 Å². The molecule has 1 aromatic carbocycles. The first kappa shape index (κ1) is 23.8. The molecule has 1 saturated heterocycles. The highest BCUT2D eigenvalue weighted by Crippen LogP contribution is 2.65. The minimum absolute atomic E-state index is 0.0526. The van der Waals surface area contributed by atoms with Gasteiger partial charge < -0.3 is 14.1 Å². The Balaban J connectivity index is 1.53. The number of carbonyl (C=O) groups excluding carboxylic acids is 2. The van der Waals surface area contributed by atoms with Crippen LogP contribution in [-0.2, 0) is 25.6 Å². The lowest BCUT2D eigenvalue weighted by Gasteiger charge is -2.34.